The van der Waals surface area contributed by atoms with Crippen molar-refractivity contribution in [2.45, 2.75) is 13.2 Å². The van der Waals surface area contributed by atoms with E-state index in [-0.39, 0.29) is 0 Å². The van der Waals surface area contributed by atoms with Gasteiger partial charge in [-0.2, -0.15) is 0 Å². The lowest BCUT2D eigenvalue weighted by Crippen LogP contribution is -2.36. The van der Waals surface area contributed by atoms with Gasteiger partial charge in [-0.1, -0.05) is 41.4 Å². The van der Waals surface area contributed by atoms with Crippen LogP contribution in [-0.2, 0) is 17.9 Å². The molecule has 1 aliphatic heterocycles. The molecule has 0 spiro atoms. The molecule has 1 fully saturated rings. The Morgan fingerprint density at radius 1 is 0.906 bits per heavy atom. The topological polar surface area (TPSA) is 43.0 Å². The zero-order chi connectivity index (χ0) is 22.3. The second-order valence-corrected chi connectivity index (χ2v) is 8.29. The lowest BCUT2D eigenvalue weighted by Gasteiger charge is -2.29. The van der Waals surface area contributed by atoms with Gasteiger partial charge in [0.2, 0.25) is 0 Å². The molecular formula is C25H26Cl2N2O3. The number of rotatable bonds is 8. The number of methoxy groups -OCH3 is 1. The summed E-state index contributed by atoms with van der Waals surface area (Å²) >= 11 is 12.8. The van der Waals surface area contributed by atoms with Crippen molar-refractivity contribution in [2.75, 3.05) is 43.6 Å². The normalized spacial score (nSPS) is 13.7. The highest BCUT2D eigenvalue weighted by Gasteiger charge is 2.13. The molecule has 0 amide bonds. The molecule has 3 aromatic carbocycles. The third-order valence-corrected chi connectivity index (χ3v) is 6.12. The Kier molecular flexibility index (Phi) is 7.63. The number of anilines is 2. The van der Waals surface area contributed by atoms with Crippen LogP contribution < -0.4 is 19.7 Å². The minimum atomic E-state index is 0.333. The molecule has 0 saturated carbocycles. The summed E-state index contributed by atoms with van der Waals surface area (Å²) in [5.74, 6) is 1.21. The second-order valence-electron chi connectivity index (χ2n) is 7.47. The highest BCUT2D eigenvalue weighted by atomic mass is 35.5. The third kappa shape index (κ3) is 5.60. The van der Waals surface area contributed by atoms with Gasteiger partial charge < -0.3 is 24.4 Å². The molecule has 0 bridgehead atoms. The van der Waals surface area contributed by atoms with Gasteiger partial charge >= 0.3 is 0 Å². The van der Waals surface area contributed by atoms with Gasteiger partial charge in [-0.15, -0.1) is 0 Å². The van der Waals surface area contributed by atoms with E-state index in [1.54, 1.807) is 13.2 Å². The van der Waals surface area contributed by atoms with Gasteiger partial charge in [0.05, 0.1) is 20.3 Å². The van der Waals surface area contributed by atoms with Crippen LogP contribution >= 0.6 is 23.2 Å². The zero-order valence-corrected chi connectivity index (χ0v) is 19.5. The van der Waals surface area contributed by atoms with Gasteiger partial charge in [-0.25, -0.2) is 0 Å². The molecule has 1 N–H and O–H groups in total. The molecule has 0 unspecified atom stereocenters. The highest BCUT2D eigenvalue weighted by Crippen LogP contribution is 2.34. The molecule has 5 nitrogen and oxygen atoms in total. The van der Waals surface area contributed by atoms with E-state index < -0.39 is 0 Å². The van der Waals surface area contributed by atoms with Crippen LogP contribution in [0.15, 0.2) is 60.7 Å². The number of hydrogen-bond acceptors (Lipinski definition) is 5. The fourth-order valence-electron chi connectivity index (χ4n) is 3.56. The van der Waals surface area contributed by atoms with Crippen LogP contribution in [0.2, 0.25) is 10.0 Å². The Balaban J connectivity index is 1.40. The first-order valence-electron chi connectivity index (χ1n) is 10.5. The number of nitrogens with zero attached hydrogens (tertiary/aromatic N) is 1. The predicted molar refractivity (Wildman–Crippen MR) is 131 cm³/mol. The molecule has 7 heteroatoms. The van der Waals surface area contributed by atoms with E-state index in [0.717, 1.165) is 43.1 Å². The summed E-state index contributed by atoms with van der Waals surface area (Å²) in [6, 6.07) is 19.7. The number of hydrogen-bond donors (Lipinski definition) is 1. The van der Waals surface area contributed by atoms with Crippen molar-refractivity contribution < 1.29 is 14.2 Å². The van der Waals surface area contributed by atoms with Gasteiger partial charge in [0, 0.05) is 52.7 Å². The van der Waals surface area contributed by atoms with Crippen LogP contribution in [0, 0.1) is 0 Å². The van der Waals surface area contributed by atoms with E-state index >= 15 is 0 Å². The Hall–Kier alpha value is -2.60. The predicted octanol–water partition coefficient (Wildman–Crippen LogP) is 6.03. The van der Waals surface area contributed by atoms with E-state index in [0.29, 0.717) is 34.7 Å². The number of benzene rings is 3. The van der Waals surface area contributed by atoms with E-state index in [9.17, 15) is 0 Å². The fraction of sp³-hybridized carbons (Fsp3) is 0.280. The monoisotopic (exact) mass is 472 g/mol. The summed E-state index contributed by atoms with van der Waals surface area (Å²) in [7, 11) is 1.62. The maximum atomic E-state index is 6.54. The summed E-state index contributed by atoms with van der Waals surface area (Å²) in [5, 5.41) is 4.70. The Labute approximate surface area is 198 Å². The molecule has 0 radical (unpaired) electrons. The zero-order valence-electron chi connectivity index (χ0n) is 17.9. The molecule has 1 aliphatic rings. The highest BCUT2D eigenvalue weighted by molar-refractivity contribution is 6.31. The number of halogens is 2. The molecule has 1 saturated heterocycles. The van der Waals surface area contributed by atoms with Gasteiger partial charge in [0.1, 0.15) is 6.61 Å². The van der Waals surface area contributed by atoms with Crippen LogP contribution in [-0.4, -0.2) is 33.4 Å². The molecule has 0 atom stereocenters. The largest absolute Gasteiger partial charge is 0.493 e. The number of nitrogens with one attached hydrogen (secondary N) is 1. The van der Waals surface area contributed by atoms with E-state index in [1.165, 1.54) is 5.69 Å². The molecular weight excluding hydrogens is 447 g/mol. The molecule has 0 aromatic heterocycles. The first-order valence-corrected chi connectivity index (χ1v) is 11.3. The maximum absolute atomic E-state index is 6.54. The minimum absolute atomic E-state index is 0.333. The molecule has 0 aliphatic carbocycles. The molecule has 3 aromatic rings. The average molecular weight is 473 g/mol. The smallest absolute Gasteiger partial charge is 0.163 e. The molecule has 1 heterocycles. The lowest BCUT2D eigenvalue weighted by atomic mass is 10.1. The first-order chi connectivity index (χ1) is 15.6. The van der Waals surface area contributed by atoms with Crippen LogP contribution in [0.4, 0.5) is 11.4 Å². The summed E-state index contributed by atoms with van der Waals surface area (Å²) in [6.07, 6.45) is 0. The first kappa shape index (κ1) is 22.6. The van der Waals surface area contributed by atoms with E-state index in [4.69, 9.17) is 37.4 Å². The van der Waals surface area contributed by atoms with Crippen LogP contribution in [0.1, 0.15) is 11.1 Å². The molecule has 4 rings (SSSR count). The Morgan fingerprint density at radius 3 is 2.38 bits per heavy atom. The Morgan fingerprint density at radius 2 is 1.66 bits per heavy atom. The summed E-state index contributed by atoms with van der Waals surface area (Å²) < 4.78 is 16.9. The number of morpholine rings is 1. The van der Waals surface area contributed by atoms with Gasteiger partial charge in [-0.3, -0.25) is 0 Å². The number of ether oxygens (including phenoxy) is 3. The van der Waals surface area contributed by atoms with Crippen molar-refractivity contribution in [1.29, 1.82) is 0 Å². The summed E-state index contributed by atoms with van der Waals surface area (Å²) in [4.78, 5) is 2.33. The minimum Gasteiger partial charge on any atom is -0.493 e. The van der Waals surface area contributed by atoms with E-state index in [1.807, 2.05) is 30.3 Å². The summed E-state index contributed by atoms with van der Waals surface area (Å²) in [6.45, 7) is 4.30. The maximum Gasteiger partial charge on any atom is 0.163 e. The fourth-order valence-corrected chi connectivity index (χ4v) is 3.98. The van der Waals surface area contributed by atoms with Crippen LogP contribution in [0.3, 0.4) is 0 Å². The molecule has 168 valence electrons. The molecule has 32 heavy (non-hydrogen) atoms. The Bertz CT molecular complexity index is 1040. The second kappa shape index (κ2) is 10.8. The standard InChI is InChI=1S/C25H26Cl2N2O3/c1-30-24-14-19(23(27)15-25(24)32-17-18-4-2-3-5-22(18)26)16-28-20-6-8-21(9-7-20)29-10-12-31-13-11-29/h2-9,14-15,28H,10-13,16-17H2,1H3. The summed E-state index contributed by atoms with van der Waals surface area (Å²) in [5.41, 5.74) is 4.05. The van der Waals surface area contributed by atoms with Crippen molar-refractivity contribution in [3.8, 4) is 11.5 Å². The van der Waals surface area contributed by atoms with Crippen molar-refractivity contribution in [3.63, 3.8) is 0 Å². The van der Waals surface area contributed by atoms with Gasteiger partial charge in [-0.05, 0) is 42.0 Å². The van der Waals surface area contributed by atoms with E-state index in [2.05, 4.69) is 34.5 Å². The quantitative estimate of drug-likeness (QED) is 0.433. The van der Waals surface area contributed by atoms with Crippen LogP contribution in [0.5, 0.6) is 11.5 Å². The third-order valence-electron chi connectivity index (χ3n) is 5.40. The SMILES string of the molecule is COc1cc(CNc2ccc(N3CCOCC3)cc2)c(Cl)cc1OCc1ccccc1Cl. The van der Waals surface area contributed by atoms with Crippen LogP contribution in [0.25, 0.3) is 0 Å². The average Bonchev–Trinajstić information content (AvgIpc) is 2.84. The van der Waals surface area contributed by atoms with Crippen molar-refractivity contribution in [1.82, 2.24) is 0 Å². The van der Waals surface area contributed by atoms with Crippen molar-refractivity contribution in [3.05, 3.63) is 81.8 Å². The van der Waals surface area contributed by atoms with Gasteiger partial charge in [0.25, 0.3) is 0 Å². The van der Waals surface area contributed by atoms with Crippen molar-refractivity contribution >= 4 is 34.6 Å². The lowest BCUT2D eigenvalue weighted by molar-refractivity contribution is 0.122. The van der Waals surface area contributed by atoms with Crippen molar-refractivity contribution in [2.24, 2.45) is 0 Å². The van der Waals surface area contributed by atoms with Gasteiger partial charge in [0.15, 0.2) is 11.5 Å².